The van der Waals surface area contributed by atoms with E-state index in [9.17, 15) is 4.79 Å². The first-order chi connectivity index (χ1) is 13.7. The van der Waals surface area contributed by atoms with Crippen LogP contribution in [0.15, 0.2) is 54.6 Å². The highest BCUT2D eigenvalue weighted by molar-refractivity contribution is 5.90. The molecule has 28 heavy (non-hydrogen) atoms. The number of piperazine rings is 1. The second-order valence-corrected chi connectivity index (χ2v) is 6.89. The van der Waals surface area contributed by atoms with Gasteiger partial charge in [0.1, 0.15) is 6.54 Å². The number of benzene rings is 2. The predicted octanol–water partition coefficient (Wildman–Crippen LogP) is 1.73. The maximum atomic E-state index is 12.3. The number of likely N-dealkylation sites (N-methyl/N-ethyl adjacent to an activating group) is 1. The van der Waals surface area contributed by atoms with Crippen molar-refractivity contribution < 1.29 is 4.79 Å². The fourth-order valence-electron chi connectivity index (χ4n) is 3.16. The van der Waals surface area contributed by atoms with Gasteiger partial charge in [0.2, 0.25) is 11.7 Å². The number of hydrogen-bond donors (Lipinski definition) is 1. The smallest absolute Gasteiger partial charge is 0.248 e. The molecule has 4 rings (SSSR count). The lowest BCUT2D eigenvalue weighted by atomic mass is 10.2. The number of amides is 1. The van der Waals surface area contributed by atoms with Crippen LogP contribution < -0.4 is 10.2 Å². The Morgan fingerprint density at radius 1 is 1.00 bits per heavy atom. The SMILES string of the molecule is CN1CCN(c2ccc(NC(=O)Cn3nnc(-c4ccccc4)n3)cc2)CC1. The molecule has 0 radical (unpaired) electrons. The molecule has 0 bridgehead atoms. The largest absolute Gasteiger partial charge is 0.369 e. The molecule has 2 aromatic carbocycles. The summed E-state index contributed by atoms with van der Waals surface area (Å²) < 4.78 is 0. The first-order valence-corrected chi connectivity index (χ1v) is 9.34. The number of nitrogens with zero attached hydrogens (tertiary/aromatic N) is 6. The fourth-order valence-corrected chi connectivity index (χ4v) is 3.16. The van der Waals surface area contributed by atoms with Crippen molar-refractivity contribution in [2.75, 3.05) is 43.4 Å². The van der Waals surface area contributed by atoms with Crippen molar-refractivity contribution in [1.29, 1.82) is 0 Å². The van der Waals surface area contributed by atoms with Crippen molar-refractivity contribution in [3.8, 4) is 11.4 Å². The van der Waals surface area contributed by atoms with Gasteiger partial charge in [0.05, 0.1) is 0 Å². The van der Waals surface area contributed by atoms with Crippen LogP contribution in [0.4, 0.5) is 11.4 Å². The molecular weight excluding hydrogens is 354 g/mol. The van der Waals surface area contributed by atoms with Crippen molar-refractivity contribution >= 4 is 17.3 Å². The molecule has 1 amide bonds. The average Bonchev–Trinajstić information content (AvgIpc) is 3.18. The number of rotatable bonds is 5. The Morgan fingerprint density at radius 3 is 2.43 bits per heavy atom. The molecule has 3 aromatic rings. The van der Waals surface area contributed by atoms with Crippen LogP contribution in [0.25, 0.3) is 11.4 Å². The third-order valence-electron chi connectivity index (χ3n) is 4.79. The minimum atomic E-state index is -0.190. The zero-order valence-electron chi connectivity index (χ0n) is 15.8. The molecule has 1 fully saturated rings. The molecule has 8 nitrogen and oxygen atoms in total. The number of hydrogen-bond acceptors (Lipinski definition) is 6. The molecule has 1 aromatic heterocycles. The summed E-state index contributed by atoms with van der Waals surface area (Å²) in [5, 5.41) is 15.1. The van der Waals surface area contributed by atoms with Crippen molar-refractivity contribution in [3.63, 3.8) is 0 Å². The van der Waals surface area contributed by atoms with E-state index >= 15 is 0 Å². The minimum absolute atomic E-state index is 0.0139. The molecular formula is C20H23N7O. The van der Waals surface area contributed by atoms with Gasteiger partial charge in [0.15, 0.2) is 0 Å². The van der Waals surface area contributed by atoms with E-state index in [1.807, 2.05) is 54.6 Å². The second kappa shape index (κ2) is 8.18. The van der Waals surface area contributed by atoms with E-state index in [0.29, 0.717) is 5.82 Å². The molecule has 1 aliphatic heterocycles. The third-order valence-corrected chi connectivity index (χ3v) is 4.79. The van der Waals surface area contributed by atoms with Crippen molar-refractivity contribution in [1.82, 2.24) is 25.1 Å². The summed E-state index contributed by atoms with van der Waals surface area (Å²) in [5.74, 6) is 0.314. The van der Waals surface area contributed by atoms with Crippen molar-refractivity contribution in [2.24, 2.45) is 0 Å². The normalized spacial score (nSPS) is 14.8. The first-order valence-electron chi connectivity index (χ1n) is 9.34. The Balaban J connectivity index is 1.33. The number of tetrazole rings is 1. The molecule has 1 N–H and O–H groups in total. The van der Waals surface area contributed by atoms with Crippen LogP contribution in [0, 0.1) is 0 Å². The highest BCUT2D eigenvalue weighted by atomic mass is 16.2. The third kappa shape index (κ3) is 4.34. The Kier molecular flexibility index (Phi) is 5.29. The summed E-state index contributed by atoms with van der Waals surface area (Å²) >= 11 is 0. The Hall–Kier alpha value is -3.26. The lowest BCUT2D eigenvalue weighted by molar-refractivity contribution is -0.117. The summed E-state index contributed by atoms with van der Waals surface area (Å²) in [6.07, 6.45) is 0. The summed E-state index contributed by atoms with van der Waals surface area (Å²) in [4.78, 5) is 18.3. The highest BCUT2D eigenvalue weighted by Gasteiger charge is 2.14. The standard InChI is InChI=1S/C20H23N7O/c1-25-11-13-26(14-12-25)18-9-7-17(8-10-18)21-19(28)15-27-23-20(22-24-27)16-5-3-2-4-6-16/h2-10H,11-15H2,1H3,(H,21,28). The monoisotopic (exact) mass is 377 g/mol. The van der Waals surface area contributed by atoms with Gasteiger partial charge >= 0.3 is 0 Å². The number of nitrogens with one attached hydrogen (secondary N) is 1. The van der Waals surface area contributed by atoms with E-state index in [4.69, 9.17) is 0 Å². The van der Waals surface area contributed by atoms with Crippen LogP contribution in [0.2, 0.25) is 0 Å². The second-order valence-electron chi connectivity index (χ2n) is 6.89. The maximum absolute atomic E-state index is 12.3. The molecule has 8 heteroatoms. The van der Waals surface area contributed by atoms with E-state index in [1.165, 1.54) is 10.5 Å². The molecule has 0 aliphatic carbocycles. The lowest BCUT2D eigenvalue weighted by Crippen LogP contribution is -2.44. The van der Waals surface area contributed by atoms with Gasteiger partial charge in [-0.05, 0) is 36.5 Å². The Labute approximate surface area is 163 Å². The molecule has 0 unspecified atom stereocenters. The Bertz CT molecular complexity index is 915. The van der Waals surface area contributed by atoms with Crippen LogP contribution in [0.3, 0.4) is 0 Å². The Morgan fingerprint density at radius 2 is 1.71 bits per heavy atom. The molecule has 144 valence electrons. The molecule has 0 spiro atoms. The van der Waals surface area contributed by atoms with Gasteiger partial charge in [-0.1, -0.05) is 30.3 Å². The first kappa shape index (κ1) is 18.1. The number of carbonyl (C=O) groups is 1. The average molecular weight is 377 g/mol. The number of anilines is 2. The van der Waals surface area contributed by atoms with Gasteiger partial charge in [0.25, 0.3) is 0 Å². The highest BCUT2D eigenvalue weighted by Crippen LogP contribution is 2.19. The quantitative estimate of drug-likeness (QED) is 0.730. The molecule has 0 saturated carbocycles. The van der Waals surface area contributed by atoms with Gasteiger partial charge in [-0.3, -0.25) is 4.79 Å². The predicted molar refractivity (Wildman–Crippen MR) is 108 cm³/mol. The van der Waals surface area contributed by atoms with Gasteiger partial charge in [-0.2, -0.15) is 4.80 Å². The summed E-state index contributed by atoms with van der Waals surface area (Å²) in [7, 11) is 2.14. The zero-order valence-corrected chi connectivity index (χ0v) is 15.8. The minimum Gasteiger partial charge on any atom is -0.369 e. The van der Waals surface area contributed by atoms with Crippen LogP contribution >= 0.6 is 0 Å². The fraction of sp³-hybridized carbons (Fsp3) is 0.300. The molecule has 2 heterocycles. The van der Waals surface area contributed by atoms with Crippen LogP contribution in [-0.2, 0) is 11.3 Å². The van der Waals surface area contributed by atoms with Gasteiger partial charge in [-0.25, -0.2) is 0 Å². The van der Waals surface area contributed by atoms with Gasteiger partial charge in [-0.15, -0.1) is 10.2 Å². The summed E-state index contributed by atoms with van der Waals surface area (Å²) in [6.45, 7) is 4.18. The van der Waals surface area contributed by atoms with E-state index < -0.39 is 0 Å². The maximum Gasteiger partial charge on any atom is 0.248 e. The number of aromatic nitrogens is 4. The van der Waals surface area contributed by atoms with E-state index in [1.54, 1.807) is 0 Å². The van der Waals surface area contributed by atoms with Gasteiger partial charge < -0.3 is 15.1 Å². The molecule has 1 aliphatic rings. The number of carbonyl (C=O) groups excluding carboxylic acids is 1. The zero-order chi connectivity index (χ0) is 19.3. The van der Waals surface area contributed by atoms with Crippen molar-refractivity contribution in [3.05, 3.63) is 54.6 Å². The van der Waals surface area contributed by atoms with Crippen LogP contribution in [-0.4, -0.2) is 64.2 Å². The summed E-state index contributed by atoms with van der Waals surface area (Å²) in [6, 6.07) is 17.5. The molecule has 1 saturated heterocycles. The van der Waals surface area contributed by atoms with Gasteiger partial charge in [0, 0.05) is 43.1 Å². The van der Waals surface area contributed by atoms with E-state index in [0.717, 1.165) is 37.4 Å². The summed E-state index contributed by atoms with van der Waals surface area (Å²) in [5.41, 5.74) is 2.80. The van der Waals surface area contributed by atoms with Crippen LogP contribution in [0.5, 0.6) is 0 Å². The molecule has 0 atom stereocenters. The van der Waals surface area contributed by atoms with Crippen LogP contribution in [0.1, 0.15) is 0 Å². The lowest BCUT2D eigenvalue weighted by Gasteiger charge is -2.34. The topological polar surface area (TPSA) is 79.2 Å². The van der Waals surface area contributed by atoms with E-state index in [2.05, 4.69) is 37.6 Å². The van der Waals surface area contributed by atoms with Crippen molar-refractivity contribution in [2.45, 2.75) is 6.54 Å². The van der Waals surface area contributed by atoms with E-state index in [-0.39, 0.29) is 12.5 Å².